The molecular weight excluding hydrogens is 238 g/mol. The molecule has 3 rings (SSSR count). The van der Waals surface area contributed by atoms with E-state index >= 15 is 0 Å². The average molecular weight is 253 g/mol. The van der Waals surface area contributed by atoms with E-state index in [0.29, 0.717) is 0 Å². The molecule has 2 N–H and O–H groups in total. The summed E-state index contributed by atoms with van der Waals surface area (Å²) in [5.41, 5.74) is 2.96. The molecule has 0 amide bonds. The lowest BCUT2D eigenvalue weighted by Gasteiger charge is -2.11. The fourth-order valence-electron chi connectivity index (χ4n) is 2.00. The van der Waals surface area contributed by atoms with Crippen molar-refractivity contribution in [1.82, 2.24) is 19.9 Å². The Bertz CT molecular complexity index is 671. The Hall–Kier alpha value is -2.43. The number of fused-ring (bicyclic) bond motifs is 1. The molecule has 0 saturated carbocycles. The Balaban J connectivity index is 1.85. The van der Waals surface area contributed by atoms with Gasteiger partial charge in [-0.15, -0.1) is 0 Å². The van der Waals surface area contributed by atoms with E-state index in [9.17, 15) is 0 Å². The number of anilines is 1. The summed E-state index contributed by atoms with van der Waals surface area (Å²) in [5, 5.41) is 3.32. The van der Waals surface area contributed by atoms with Gasteiger partial charge in [0.15, 0.2) is 0 Å². The molecule has 0 radical (unpaired) electrons. The number of imidazole rings is 1. The minimum absolute atomic E-state index is 0.0571. The predicted octanol–water partition coefficient (Wildman–Crippen LogP) is 2.83. The van der Waals surface area contributed by atoms with Gasteiger partial charge in [0, 0.05) is 11.8 Å². The van der Waals surface area contributed by atoms with Crippen molar-refractivity contribution in [3.05, 3.63) is 48.2 Å². The maximum Gasteiger partial charge on any atom is 0.130 e. The number of aromatic nitrogens is 4. The second kappa shape index (κ2) is 4.68. The monoisotopic (exact) mass is 253 g/mol. The second-order valence-electron chi connectivity index (χ2n) is 4.55. The molecule has 0 aliphatic carbocycles. The number of H-pyrrole nitrogens is 1. The van der Waals surface area contributed by atoms with Gasteiger partial charge in [-0.1, -0.05) is 12.1 Å². The smallest absolute Gasteiger partial charge is 0.130 e. The second-order valence-corrected chi connectivity index (χ2v) is 4.55. The predicted molar refractivity (Wildman–Crippen MR) is 74.9 cm³/mol. The maximum absolute atomic E-state index is 4.57. The third kappa shape index (κ3) is 2.40. The van der Waals surface area contributed by atoms with Crippen LogP contribution < -0.4 is 5.32 Å². The van der Waals surface area contributed by atoms with Crippen LogP contribution in [0.3, 0.4) is 0 Å². The third-order valence-electron chi connectivity index (χ3n) is 2.99. The molecule has 0 spiro atoms. The molecule has 1 atom stereocenters. The van der Waals surface area contributed by atoms with Crippen molar-refractivity contribution in [3.63, 3.8) is 0 Å². The van der Waals surface area contributed by atoms with Crippen LogP contribution in [0.4, 0.5) is 5.82 Å². The first kappa shape index (κ1) is 11.6. The summed E-state index contributed by atoms with van der Waals surface area (Å²) < 4.78 is 0. The van der Waals surface area contributed by atoms with E-state index in [1.807, 2.05) is 37.3 Å². The van der Waals surface area contributed by atoms with Gasteiger partial charge in [-0.3, -0.25) is 0 Å². The number of para-hydroxylation sites is 2. The number of aromatic amines is 1. The van der Waals surface area contributed by atoms with Crippen molar-refractivity contribution in [3.8, 4) is 0 Å². The van der Waals surface area contributed by atoms with Gasteiger partial charge in [0.25, 0.3) is 0 Å². The highest BCUT2D eigenvalue weighted by atomic mass is 15.1. The van der Waals surface area contributed by atoms with Gasteiger partial charge in [-0.05, 0) is 26.0 Å². The molecule has 0 aliphatic rings. The first-order valence-corrected chi connectivity index (χ1v) is 6.22. The van der Waals surface area contributed by atoms with Crippen LogP contribution in [0.25, 0.3) is 11.0 Å². The lowest BCUT2D eigenvalue weighted by molar-refractivity contribution is 0.806. The van der Waals surface area contributed by atoms with E-state index in [4.69, 9.17) is 0 Å². The Kier molecular flexibility index (Phi) is 2.87. The number of benzene rings is 1. The maximum atomic E-state index is 4.57. The number of aryl methyl sites for hydroxylation is 1. The van der Waals surface area contributed by atoms with Crippen LogP contribution in [0.1, 0.15) is 24.5 Å². The minimum atomic E-state index is 0.0571. The minimum Gasteiger partial charge on any atom is -0.360 e. The van der Waals surface area contributed by atoms with Crippen molar-refractivity contribution < 1.29 is 0 Å². The first-order valence-electron chi connectivity index (χ1n) is 6.22. The summed E-state index contributed by atoms with van der Waals surface area (Å²) in [4.78, 5) is 16.2. The molecular formula is C14H15N5. The van der Waals surface area contributed by atoms with E-state index in [1.54, 1.807) is 6.33 Å². The standard InChI is InChI=1S/C14H15N5/c1-9-7-13(16-8-15-9)17-10(2)14-18-11-5-3-4-6-12(11)19-14/h3-8,10H,1-2H3,(H,18,19)(H,15,16,17). The van der Waals surface area contributed by atoms with Crippen LogP contribution in [0, 0.1) is 6.92 Å². The van der Waals surface area contributed by atoms with Gasteiger partial charge >= 0.3 is 0 Å². The molecule has 0 saturated heterocycles. The molecule has 1 aromatic carbocycles. The fourth-order valence-corrected chi connectivity index (χ4v) is 2.00. The van der Waals surface area contributed by atoms with Crippen LogP contribution in [0.5, 0.6) is 0 Å². The van der Waals surface area contributed by atoms with E-state index in [-0.39, 0.29) is 6.04 Å². The zero-order valence-corrected chi connectivity index (χ0v) is 10.9. The number of nitrogens with one attached hydrogen (secondary N) is 2. The number of rotatable bonds is 3. The largest absolute Gasteiger partial charge is 0.360 e. The van der Waals surface area contributed by atoms with Crippen molar-refractivity contribution in [2.75, 3.05) is 5.32 Å². The van der Waals surface area contributed by atoms with E-state index < -0.39 is 0 Å². The van der Waals surface area contributed by atoms with Crippen LogP contribution in [0.15, 0.2) is 36.7 Å². The van der Waals surface area contributed by atoms with E-state index in [2.05, 4.69) is 32.2 Å². The lowest BCUT2D eigenvalue weighted by atomic mass is 10.3. The van der Waals surface area contributed by atoms with Crippen LogP contribution in [0.2, 0.25) is 0 Å². The summed E-state index contributed by atoms with van der Waals surface area (Å²) >= 11 is 0. The highest BCUT2D eigenvalue weighted by Crippen LogP contribution is 2.18. The molecule has 3 aromatic rings. The van der Waals surface area contributed by atoms with Crippen LogP contribution in [-0.2, 0) is 0 Å². The number of hydrogen-bond acceptors (Lipinski definition) is 4. The van der Waals surface area contributed by atoms with Crippen molar-refractivity contribution >= 4 is 16.9 Å². The van der Waals surface area contributed by atoms with Gasteiger partial charge < -0.3 is 10.3 Å². The highest BCUT2D eigenvalue weighted by molar-refractivity contribution is 5.74. The van der Waals surface area contributed by atoms with Gasteiger partial charge in [-0.2, -0.15) is 0 Å². The topological polar surface area (TPSA) is 66.5 Å². The van der Waals surface area contributed by atoms with Gasteiger partial charge in [-0.25, -0.2) is 15.0 Å². The molecule has 5 nitrogen and oxygen atoms in total. The molecule has 2 aromatic heterocycles. The summed E-state index contributed by atoms with van der Waals surface area (Å²) in [6.07, 6.45) is 1.56. The third-order valence-corrected chi connectivity index (χ3v) is 2.99. The Morgan fingerprint density at radius 1 is 1.21 bits per heavy atom. The van der Waals surface area contributed by atoms with Crippen molar-refractivity contribution in [1.29, 1.82) is 0 Å². The number of hydrogen-bond donors (Lipinski definition) is 2. The Labute approximate surface area is 111 Å². The van der Waals surface area contributed by atoms with Crippen molar-refractivity contribution in [2.45, 2.75) is 19.9 Å². The quantitative estimate of drug-likeness (QED) is 0.753. The molecule has 0 fully saturated rings. The average Bonchev–Trinajstić information content (AvgIpc) is 2.82. The summed E-state index contributed by atoms with van der Waals surface area (Å²) in [7, 11) is 0. The molecule has 0 aliphatic heterocycles. The van der Waals surface area contributed by atoms with Crippen LogP contribution in [-0.4, -0.2) is 19.9 Å². The molecule has 1 unspecified atom stereocenters. The van der Waals surface area contributed by atoms with Gasteiger partial charge in [0.05, 0.1) is 17.1 Å². The Morgan fingerprint density at radius 2 is 2.05 bits per heavy atom. The normalized spacial score (nSPS) is 12.5. The van der Waals surface area contributed by atoms with Gasteiger partial charge in [0.2, 0.25) is 0 Å². The zero-order chi connectivity index (χ0) is 13.2. The van der Waals surface area contributed by atoms with Crippen molar-refractivity contribution in [2.24, 2.45) is 0 Å². The molecule has 5 heteroatoms. The SMILES string of the molecule is Cc1cc(NC(C)c2nc3ccccc3[nH]2)ncn1. The summed E-state index contributed by atoms with van der Waals surface area (Å²) in [6.45, 7) is 3.99. The fraction of sp³-hybridized carbons (Fsp3) is 0.214. The molecule has 2 heterocycles. The van der Waals surface area contributed by atoms with E-state index in [1.165, 1.54) is 0 Å². The van der Waals surface area contributed by atoms with Crippen LogP contribution >= 0.6 is 0 Å². The Morgan fingerprint density at radius 3 is 2.84 bits per heavy atom. The zero-order valence-electron chi connectivity index (χ0n) is 10.9. The molecule has 19 heavy (non-hydrogen) atoms. The van der Waals surface area contributed by atoms with Gasteiger partial charge in [0.1, 0.15) is 18.0 Å². The summed E-state index contributed by atoms with van der Waals surface area (Å²) in [6, 6.07) is 9.97. The lowest BCUT2D eigenvalue weighted by Crippen LogP contribution is -2.09. The van der Waals surface area contributed by atoms with E-state index in [0.717, 1.165) is 28.4 Å². The first-order chi connectivity index (χ1) is 9.22. The molecule has 96 valence electrons. The molecule has 0 bridgehead atoms. The highest BCUT2D eigenvalue weighted by Gasteiger charge is 2.11. The summed E-state index contributed by atoms with van der Waals surface area (Å²) in [5.74, 6) is 1.71. The number of nitrogens with zero attached hydrogens (tertiary/aromatic N) is 3.